The molecule has 4 aromatic carbocycles. The number of methoxy groups -OCH3 is 4. The third-order valence-electron chi connectivity index (χ3n) is 7.69. The van der Waals surface area contributed by atoms with Gasteiger partial charge in [-0.1, -0.05) is 60.7 Å². The third kappa shape index (κ3) is 8.37. The molecular formula is C36H41N3O8S. The zero-order chi connectivity index (χ0) is 34.7. The molecule has 0 bridgehead atoms. The van der Waals surface area contributed by atoms with E-state index >= 15 is 0 Å². The fourth-order valence-electron chi connectivity index (χ4n) is 5.24. The van der Waals surface area contributed by atoms with Crippen LogP contribution in [0.1, 0.15) is 18.1 Å². The van der Waals surface area contributed by atoms with Gasteiger partial charge in [0, 0.05) is 31.6 Å². The minimum atomic E-state index is -4.47. The van der Waals surface area contributed by atoms with E-state index in [0.29, 0.717) is 18.0 Å². The number of nitrogens with zero attached hydrogens (tertiary/aromatic N) is 2. The highest BCUT2D eigenvalue weighted by molar-refractivity contribution is 7.92. The molecule has 0 heterocycles. The minimum absolute atomic E-state index is 0.0494. The van der Waals surface area contributed by atoms with Crippen LogP contribution in [0.15, 0.2) is 102 Å². The number of amides is 2. The number of hydrogen-bond acceptors (Lipinski definition) is 8. The Hall–Kier alpha value is -5.23. The van der Waals surface area contributed by atoms with Crippen molar-refractivity contribution in [1.29, 1.82) is 0 Å². The molecule has 0 radical (unpaired) electrons. The summed E-state index contributed by atoms with van der Waals surface area (Å²) in [6.45, 7) is 1.52. The zero-order valence-electron chi connectivity index (χ0n) is 27.7. The molecule has 0 saturated carbocycles. The first-order valence-electron chi connectivity index (χ1n) is 15.3. The molecule has 0 aromatic heterocycles. The van der Waals surface area contributed by atoms with E-state index < -0.39 is 28.5 Å². The highest BCUT2D eigenvalue weighted by Crippen LogP contribution is 2.38. The first-order chi connectivity index (χ1) is 23.2. The van der Waals surface area contributed by atoms with Crippen molar-refractivity contribution in [3.05, 3.63) is 108 Å². The first-order valence-corrected chi connectivity index (χ1v) is 16.7. The maximum absolute atomic E-state index is 14.7. The molecule has 0 fully saturated rings. The van der Waals surface area contributed by atoms with E-state index in [-0.39, 0.29) is 41.0 Å². The van der Waals surface area contributed by atoms with Crippen LogP contribution in [0.2, 0.25) is 0 Å². The van der Waals surface area contributed by atoms with Gasteiger partial charge in [0.05, 0.1) is 39.0 Å². The van der Waals surface area contributed by atoms with Gasteiger partial charge in [0.25, 0.3) is 10.0 Å². The number of benzene rings is 4. The van der Waals surface area contributed by atoms with Gasteiger partial charge in [-0.2, -0.15) is 0 Å². The monoisotopic (exact) mass is 675 g/mol. The average molecular weight is 676 g/mol. The molecule has 1 unspecified atom stereocenters. The molecule has 254 valence electrons. The van der Waals surface area contributed by atoms with E-state index in [0.717, 1.165) is 15.4 Å². The Labute approximate surface area is 282 Å². The Bertz CT molecular complexity index is 1790. The maximum Gasteiger partial charge on any atom is 0.265 e. The molecule has 12 heteroatoms. The molecule has 0 aliphatic rings. The van der Waals surface area contributed by atoms with Gasteiger partial charge in [0.2, 0.25) is 11.8 Å². The van der Waals surface area contributed by atoms with Gasteiger partial charge in [-0.25, -0.2) is 8.42 Å². The van der Waals surface area contributed by atoms with Crippen molar-refractivity contribution in [3.8, 4) is 23.0 Å². The summed E-state index contributed by atoms with van der Waals surface area (Å²) in [5, 5.41) is 2.86. The van der Waals surface area contributed by atoms with Crippen LogP contribution in [0.3, 0.4) is 0 Å². The summed E-state index contributed by atoms with van der Waals surface area (Å²) >= 11 is 0. The number of carbonyl (C=O) groups excluding carboxylic acids is 2. The smallest absolute Gasteiger partial charge is 0.265 e. The minimum Gasteiger partial charge on any atom is -0.497 e. The van der Waals surface area contributed by atoms with Gasteiger partial charge in [0.15, 0.2) is 11.5 Å². The second-order valence-corrected chi connectivity index (χ2v) is 12.5. The third-order valence-corrected chi connectivity index (χ3v) is 9.45. The lowest BCUT2D eigenvalue weighted by Gasteiger charge is -2.34. The van der Waals surface area contributed by atoms with Gasteiger partial charge in [-0.05, 0) is 42.3 Å². The Morgan fingerprint density at radius 2 is 1.33 bits per heavy atom. The standard InChI is InChI=1S/C36H41N3O8S/c1-6-37-36(41)31(21-26-13-9-7-10-14-26)38(24-27-15-11-8-12-16-27)35(40)25-39(30-22-28(44-2)17-19-32(30)45-3)48(42,43)29-18-20-33(46-4)34(23-29)47-5/h7-20,22-23,31H,6,21,24-25H2,1-5H3,(H,37,41). The molecule has 11 nitrogen and oxygen atoms in total. The van der Waals surface area contributed by atoms with Crippen molar-refractivity contribution in [3.63, 3.8) is 0 Å². The molecular weight excluding hydrogens is 634 g/mol. The molecule has 2 amide bonds. The molecule has 0 aliphatic carbocycles. The molecule has 48 heavy (non-hydrogen) atoms. The van der Waals surface area contributed by atoms with Crippen LogP contribution in [-0.2, 0) is 32.6 Å². The van der Waals surface area contributed by atoms with Crippen LogP contribution in [0.25, 0.3) is 0 Å². The number of rotatable bonds is 16. The van der Waals surface area contributed by atoms with Gasteiger partial charge >= 0.3 is 0 Å². The van der Waals surface area contributed by atoms with Crippen LogP contribution < -0.4 is 28.6 Å². The predicted octanol–water partition coefficient (Wildman–Crippen LogP) is 4.69. The number of hydrogen-bond donors (Lipinski definition) is 1. The number of sulfonamides is 1. The van der Waals surface area contributed by atoms with Gasteiger partial charge in [0.1, 0.15) is 24.1 Å². The topological polar surface area (TPSA) is 124 Å². The molecule has 1 N–H and O–H groups in total. The van der Waals surface area contributed by atoms with Crippen molar-refractivity contribution >= 4 is 27.5 Å². The maximum atomic E-state index is 14.7. The summed E-state index contributed by atoms with van der Waals surface area (Å²) in [6.07, 6.45) is 0.205. The van der Waals surface area contributed by atoms with Gasteiger partial charge in [-0.15, -0.1) is 0 Å². The molecule has 0 aliphatic heterocycles. The highest BCUT2D eigenvalue weighted by Gasteiger charge is 2.36. The summed E-state index contributed by atoms with van der Waals surface area (Å²) in [5.74, 6) is 0.0759. The summed E-state index contributed by atoms with van der Waals surface area (Å²) in [4.78, 5) is 29.6. The summed E-state index contributed by atoms with van der Waals surface area (Å²) in [7, 11) is 1.23. The fourth-order valence-corrected chi connectivity index (χ4v) is 6.67. The van der Waals surface area contributed by atoms with Crippen LogP contribution in [0.4, 0.5) is 5.69 Å². The van der Waals surface area contributed by atoms with Crippen LogP contribution >= 0.6 is 0 Å². The highest BCUT2D eigenvalue weighted by atomic mass is 32.2. The SMILES string of the molecule is CCNC(=O)C(Cc1ccccc1)N(Cc1ccccc1)C(=O)CN(c1cc(OC)ccc1OC)S(=O)(=O)c1ccc(OC)c(OC)c1. The molecule has 4 rings (SSSR count). The second kappa shape index (κ2) is 16.6. The van der Waals surface area contributed by atoms with Crippen molar-refractivity contribution in [1.82, 2.24) is 10.2 Å². The lowest BCUT2D eigenvalue weighted by atomic mass is 10.0. The summed E-state index contributed by atoms with van der Waals surface area (Å²) < 4.78 is 51.8. The van der Waals surface area contributed by atoms with Crippen LogP contribution in [0, 0.1) is 0 Å². The van der Waals surface area contributed by atoms with E-state index in [1.54, 1.807) is 19.1 Å². The molecule has 4 aromatic rings. The number of carbonyl (C=O) groups is 2. The first kappa shape index (κ1) is 35.6. The molecule has 0 saturated heterocycles. The van der Waals surface area contributed by atoms with E-state index in [1.807, 2.05) is 60.7 Å². The lowest BCUT2D eigenvalue weighted by Crippen LogP contribution is -2.53. The predicted molar refractivity (Wildman–Crippen MR) is 183 cm³/mol. The van der Waals surface area contributed by atoms with Crippen molar-refractivity contribution in [2.45, 2.75) is 30.8 Å². The summed E-state index contributed by atoms with van der Waals surface area (Å²) in [6, 6.07) is 26.5. The Morgan fingerprint density at radius 3 is 1.92 bits per heavy atom. The number of nitrogens with one attached hydrogen (secondary N) is 1. The Morgan fingerprint density at radius 1 is 0.729 bits per heavy atom. The number of anilines is 1. The van der Waals surface area contributed by atoms with Gasteiger partial charge < -0.3 is 29.2 Å². The van der Waals surface area contributed by atoms with Crippen LogP contribution in [-0.4, -0.2) is 72.7 Å². The Kier molecular flexibility index (Phi) is 12.3. The zero-order valence-corrected chi connectivity index (χ0v) is 28.5. The van der Waals surface area contributed by atoms with Crippen molar-refractivity contribution in [2.24, 2.45) is 0 Å². The van der Waals surface area contributed by atoms with E-state index in [9.17, 15) is 18.0 Å². The van der Waals surface area contributed by atoms with Crippen molar-refractivity contribution in [2.75, 3.05) is 45.8 Å². The quantitative estimate of drug-likeness (QED) is 0.182. The van der Waals surface area contributed by atoms with Crippen molar-refractivity contribution < 1.29 is 37.0 Å². The fraction of sp³-hybridized carbons (Fsp3) is 0.278. The second-order valence-electron chi connectivity index (χ2n) is 10.7. The number of ether oxygens (including phenoxy) is 4. The largest absolute Gasteiger partial charge is 0.497 e. The lowest BCUT2D eigenvalue weighted by molar-refractivity contribution is -0.140. The average Bonchev–Trinajstić information content (AvgIpc) is 3.12. The molecule has 1 atom stereocenters. The van der Waals surface area contributed by atoms with Crippen LogP contribution in [0.5, 0.6) is 23.0 Å². The Balaban J connectivity index is 1.88. The van der Waals surface area contributed by atoms with E-state index in [2.05, 4.69) is 5.32 Å². The molecule has 0 spiro atoms. The van der Waals surface area contributed by atoms with E-state index in [4.69, 9.17) is 18.9 Å². The van der Waals surface area contributed by atoms with Gasteiger partial charge in [-0.3, -0.25) is 13.9 Å². The summed E-state index contributed by atoms with van der Waals surface area (Å²) in [5.41, 5.74) is 1.67. The number of likely N-dealkylation sites (N-methyl/N-ethyl adjacent to an activating group) is 1. The normalized spacial score (nSPS) is 11.6. The van der Waals surface area contributed by atoms with E-state index in [1.165, 1.54) is 57.6 Å².